The summed E-state index contributed by atoms with van der Waals surface area (Å²) in [7, 11) is 0. The van der Waals surface area contributed by atoms with Crippen molar-refractivity contribution in [3.8, 4) is 11.1 Å². The second-order valence-electron chi connectivity index (χ2n) is 7.74. The maximum Gasteiger partial charge on any atom is 0.416 e. The molecule has 2 amide bonds. The van der Waals surface area contributed by atoms with Gasteiger partial charge in [-0.25, -0.2) is 14.8 Å². The van der Waals surface area contributed by atoms with Gasteiger partial charge in [0, 0.05) is 29.2 Å². The van der Waals surface area contributed by atoms with Crippen LogP contribution in [0.25, 0.3) is 22.2 Å². The Morgan fingerprint density at radius 2 is 1.73 bits per heavy atom. The van der Waals surface area contributed by atoms with Crippen molar-refractivity contribution in [1.82, 2.24) is 14.5 Å². The molecule has 4 aromatic rings. The van der Waals surface area contributed by atoms with E-state index >= 15 is 0 Å². The van der Waals surface area contributed by atoms with Gasteiger partial charge in [0.1, 0.15) is 17.8 Å². The predicted octanol–water partition coefficient (Wildman–Crippen LogP) is 5.92. The number of carbonyl (C=O) groups is 1. The number of nitrogens with two attached hydrogens (primary N) is 1. The van der Waals surface area contributed by atoms with Crippen molar-refractivity contribution in [2.45, 2.75) is 26.1 Å². The SMILES string of the molecule is CC(C)n1cc(-c2ccc(NC(=O)Nc3cccc(C(F)(F)F)c3)cc2)c2c(N)ncnc21. The summed E-state index contributed by atoms with van der Waals surface area (Å²) in [6.45, 7) is 4.08. The third-order valence-corrected chi connectivity index (χ3v) is 5.10. The Bertz CT molecular complexity index is 1310. The summed E-state index contributed by atoms with van der Waals surface area (Å²) in [6.07, 6.45) is -1.10. The second-order valence-corrected chi connectivity index (χ2v) is 7.74. The maximum absolute atomic E-state index is 12.9. The lowest BCUT2D eigenvalue weighted by molar-refractivity contribution is -0.137. The van der Waals surface area contributed by atoms with Crippen LogP contribution in [0.1, 0.15) is 25.5 Å². The largest absolute Gasteiger partial charge is 0.416 e. The molecule has 4 N–H and O–H groups in total. The van der Waals surface area contributed by atoms with E-state index in [0.29, 0.717) is 11.5 Å². The van der Waals surface area contributed by atoms with Crippen molar-refractivity contribution < 1.29 is 18.0 Å². The van der Waals surface area contributed by atoms with E-state index in [4.69, 9.17) is 5.73 Å². The number of fused-ring (bicyclic) bond motifs is 1. The van der Waals surface area contributed by atoms with E-state index in [2.05, 4.69) is 20.6 Å². The van der Waals surface area contributed by atoms with Gasteiger partial charge in [-0.3, -0.25) is 0 Å². The molecular formula is C23H21F3N6O. The van der Waals surface area contributed by atoms with Gasteiger partial charge in [-0.05, 0) is 49.7 Å². The summed E-state index contributed by atoms with van der Waals surface area (Å²) in [4.78, 5) is 20.7. The van der Waals surface area contributed by atoms with Gasteiger partial charge in [-0.15, -0.1) is 0 Å². The van der Waals surface area contributed by atoms with Gasteiger partial charge in [0.2, 0.25) is 0 Å². The number of amides is 2. The fourth-order valence-electron chi connectivity index (χ4n) is 3.52. The predicted molar refractivity (Wildman–Crippen MR) is 122 cm³/mol. The van der Waals surface area contributed by atoms with Gasteiger partial charge < -0.3 is 20.9 Å². The Balaban J connectivity index is 1.54. The van der Waals surface area contributed by atoms with E-state index in [9.17, 15) is 18.0 Å². The number of hydrogen-bond acceptors (Lipinski definition) is 4. The first-order valence-electron chi connectivity index (χ1n) is 10.1. The summed E-state index contributed by atoms with van der Waals surface area (Å²) >= 11 is 0. The number of carbonyl (C=O) groups excluding carboxylic acids is 1. The Kier molecular flexibility index (Phi) is 5.67. The molecule has 0 aliphatic rings. The van der Waals surface area contributed by atoms with E-state index < -0.39 is 17.8 Å². The molecule has 0 saturated heterocycles. The van der Waals surface area contributed by atoms with Crippen LogP contribution >= 0.6 is 0 Å². The fraction of sp³-hybridized carbons (Fsp3) is 0.174. The molecule has 7 nitrogen and oxygen atoms in total. The number of alkyl halides is 3. The van der Waals surface area contributed by atoms with Gasteiger partial charge in [0.25, 0.3) is 0 Å². The number of nitrogen functional groups attached to an aromatic ring is 1. The zero-order valence-electron chi connectivity index (χ0n) is 17.8. The lowest BCUT2D eigenvalue weighted by Crippen LogP contribution is -2.19. The molecule has 0 unspecified atom stereocenters. The first-order chi connectivity index (χ1) is 15.6. The molecule has 0 atom stereocenters. The molecule has 0 radical (unpaired) electrons. The molecule has 0 spiro atoms. The Morgan fingerprint density at radius 3 is 2.39 bits per heavy atom. The average molecular weight is 454 g/mol. The molecule has 33 heavy (non-hydrogen) atoms. The van der Waals surface area contributed by atoms with E-state index in [1.807, 2.05) is 36.7 Å². The van der Waals surface area contributed by atoms with Crippen molar-refractivity contribution in [2.24, 2.45) is 0 Å². The van der Waals surface area contributed by atoms with Gasteiger partial charge >= 0.3 is 12.2 Å². The van der Waals surface area contributed by atoms with Crippen LogP contribution in [0.15, 0.2) is 61.1 Å². The zero-order valence-corrected chi connectivity index (χ0v) is 17.8. The van der Waals surface area contributed by atoms with E-state index in [1.54, 1.807) is 12.1 Å². The van der Waals surface area contributed by atoms with Gasteiger partial charge in [-0.2, -0.15) is 13.2 Å². The number of anilines is 3. The fourth-order valence-corrected chi connectivity index (χ4v) is 3.52. The molecule has 2 aromatic carbocycles. The number of nitrogens with one attached hydrogen (secondary N) is 2. The second kappa shape index (κ2) is 8.45. The minimum Gasteiger partial charge on any atom is -0.383 e. The molecule has 4 rings (SSSR count). The summed E-state index contributed by atoms with van der Waals surface area (Å²) in [5.41, 5.74) is 8.23. The molecule has 0 fully saturated rings. The number of rotatable bonds is 4. The Labute approximate surface area is 187 Å². The highest BCUT2D eigenvalue weighted by Gasteiger charge is 2.30. The molecule has 10 heteroatoms. The molecule has 0 saturated carbocycles. The normalized spacial score (nSPS) is 11.7. The van der Waals surface area contributed by atoms with Crippen molar-refractivity contribution in [2.75, 3.05) is 16.4 Å². The van der Waals surface area contributed by atoms with Crippen LogP contribution < -0.4 is 16.4 Å². The Morgan fingerprint density at radius 1 is 1.03 bits per heavy atom. The van der Waals surface area contributed by atoms with Gasteiger partial charge in [-0.1, -0.05) is 18.2 Å². The van der Waals surface area contributed by atoms with E-state index in [-0.39, 0.29) is 11.7 Å². The topological polar surface area (TPSA) is 97.9 Å². The lowest BCUT2D eigenvalue weighted by atomic mass is 10.1. The number of benzene rings is 2. The number of urea groups is 1. The quantitative estimate of drug-likeness (QED) is 0.356. The van der Waals surface area contributed by atoms with Crippen molar-refractivity contribution in [3.63, 3.8) is 0 Å². The maximum atomic E-state index is 12.9. The molecule has 2 heterocycles. The molecule has 170 valence electrons. The highest BCUT2D eigenvalue weighted by molar-refractivity contribution is 6.02. The molecule has 2 aromatic heterocycles. The third-order valence-electron chi connectivity index (χ3n) is 5.10. The van der Waals surface area contributed by atoms with Crippen LogP contribution in [0.4, 0.5) is 35.2 Å². The smallest absolute Gasteiger partial charge is 0.383 e. The van der Waals surface area contributed by atoms with Crippen LogP contribution in [-0.2, 0) is 6.18 Å². The monoisotopic (exact) mass is 454 g/mol. The number of hydrogen-bond donors (Lipinski definition) is 3. The summed E-state index contributed by atoms with van der Waals surface area (Å²) in [5.74, 6) is 0.372. The van der Waals surface area contributed by atoms with Gasteiger partial charge in [0.05, 0.1) is 10.9 Å². The van der Waals surface area contributed by atoms with E-state index in [1.165, 1.54) is 18.5 Å². The first-order valence-corrected chi connectivity index (χ1v) is 10.1. The van der Waals surface area contributed by atoms with Crippen LogP contribution in [0.3, 0.4) is 0 Å². The minimum absolute atomic E-state index is 0.0379. The van der Waals surface area contributed by atoms with Crippen LogP contribution in [0, 0.1) is 0 Å². The van der Waals surface area contributed by atoms with Crippen molar-refractivity contribution >= 4 is 34.3 Å². The summed E-state index contributed by atoms with van der Waals surface area (Å²) in [5, 5.41) is 5.77. The average Bonchev–Trinajstić information content (AvgIpc) is 3.15. The Hall–Kier alpha value is -4.08. The van der Waals surface area contributed by atoms with Gasteiger partial charge in [0.15, 0.2) is 0 Å². The summed E-state index contributed by atoms with van der Waals surface area (Å²) < 4.78 is 40.6. The standard InChI is InChI=1S/C23H21F3N6O/c1-13(2)32-11-18(19-20(27)28-12-29-21(19)32)14-6-8-16(9-7-14)30-22(33)31-17-5-3-4-15(10-17)23(24,25)26/h3-13H,1-2H3,(H2,27,28,29)(H2,30,31,33). The van der Waals surface area contributed by atoms with Crippen LogP contribution in [0.5, 0.6) is 0 Å². The molecule has 0 bridgehead atoms. The van der Waals surface area contributed by atoms with Crippen molar-refractivity contribution in [1.29, 1.82) is 0 Å². The zero-order chi connectivity index (χ0) is 23.8. The number of halogens is 3. The molecule has 0 aliphatic carbocycles. The number of aromatic nitrogens is 3. The summed E-state index contributed by atoms with van der Waals surface area (Å²) in [6, 6.07) is 10.9. The minimum atomic E-state index is -4.49. The van der Waals surface area contributed by atoms with Crippen LogP contribution in [-0.4, -0.2) is 20.6 Å². The molecular weight excluding hydrogens is 433 g/mol. The first kappa shape index (κ1) is 22.1. The molecule has 0 aliphatic heterocycles. The number of nitrogens with zero attached hydrogens (tertiary/aromatic N) is 3. The van der Waals surface area contributed by atoms with Crippen LogP contribution in [0.2, 0.25) is 0 Å². The van der Waals surface area contributed by atoms with Crippen molar-refractivity contribution in [3.05, 3.63) is 66.6 Å². The lowest BCUT2D eigenvalue weighted by Gasteiger charge is -2.11. The highest BCUT2D eigenvalue weighted by atomic mass is 19.4. The third kappa shape index (κ3) is 4.59. The van der Waals surface area contributed by atoms with E-state index in [0.717, 1.165) is 34.3 Å². The highest BCUT2D eigenvalue weighted by Crippen LogP contribution is 2.35.